The van der Waals surface area contributed by atoms with Crippen molar-refractivity contribution in [3.8, 4) is 11.5 Å². The third-order valence-corrected chi connectivity index (χ3v) is 2.38. The van der Waals surface area contributed by atoms with Gasteiger partial charge in [-0.3, -0.25) is 0 Å². The van der Waals surface area contributed by atoms with Crippen molar-refractivity contribution in [2.45, 2.75) is 13.8 Å². The zero-order valence-electron chi connectivity index (χ0n) is 9.41. The van der Waals surface area contributed by atoms with Crippen molar-refractivity contribution < 1.29 is 19.0 Å². The Morgan fingerprint density at radius 3 is 2.69 bits per heavy atom. The van der Waals surface area contributed by atoms with Crippen molar-refractivity contribution in [3.63, 3.8) is 0 Å². The van der Waals surface area contributed by atoms with Crippen LogP contribution in [0.3, 0.4) is 0 Å². The molecular weight excluding hydrogens is 208 g/mol. The number of rotatable bonds is 2. The van der Waals surface area contributed by atoms with E-state index in [9.17, 15) is 4.79 Å². The van der Waals surface area contributed by atoms with Gasteiger partial charge in [0.1, 0.15) is 18.8 Å². The minimum absolute atomic E-state index is 0.350. The van der Waals surface area contributed by atoms with Crippen LogP contribution in [-0.4, -0.2) is 25.8 Å². The predicted octanol–water partition coefficient (Wildman–Crippen LogP) is 1.94. The maximum absolute atomic E-state index is 11.7. The number of fused-ring (bicyclic) bond motifs is 1. The highest BCUT2D eigenvalue weighted by Gasteiger charge is 2.22. The Labute approximate surface area is 94.1 Å². The highest BCUT2D eigenvalue weighted by Crippen LogP contribution is 2.37. The first-order chi connectivity index (χ1) is 7.74. The van der Waals surface area contributed by atoms with E-state index in [-0.39, 0.29) is 5.97 Å². The van der Waals surface area contributed by atoms with Gasteiger partial charge in [-0.05, 0) is 25.5 Å². The normalized spacial score (nSPS) is 13.4. The molecule has 1 aromatic carbocycles. The standard InChI is InChI=1S/C12H14O4/c1-3-14-12(13)9-5-4-8(2)10-11(9)16-7-6-15-10/h4-5H,3,6-7H2,1-2H3. The first-order valence-electron chi connectivity index (χ1n) is 5.30. The lowest BCUT2D eigenvalue weighted by Crippen LogP contribution is -2.19. The molecule has 1 aromatic rings. The van der Waals surface area contributed by atoms with Crippen molar-refractivity contribution in [3.05, 3.63) is 23.3 Å². The summed E-state index contributed by atoms with van der Waals surface area (Å²) < 4.78 is 15.9. The molecule has 1 aliphatic rings. The van der Waals surface area contributed by atoms with Crippen LogP contribution < -0.4 is 9.47 Å². The lowest BCUT2D eigenvalue weighted by molar-refractivity contribution is 0.0516. The van der Waals surface area contributed by atoms with Gasteiger partial charge in [-0.25, -0.2) is 4.79 Å². The quantitative estimate of drug-likeness (QED) is 0.717. The van der Waals surface area contributed by atoms with E-state index < -0.39 is 0 Å². The van der Waals surface area contributed by atoms with Crippen LogP contribution in [0.4, 0.5) is 0 Å². The second kappa shape index (κ2) is 4.43. The molecule has 0 atom stereocenters. The maximum atomic E-state index is 11.7. The highest BCUT2D eigenvalue weighted by molar-refractivity contribution is 5.94. The Morgan fingerprint density at radius 1 is 1.31 bits per heavy atom. The Balaban J connectivity index is 2.42. The van der Waals surface area contributed by atoms with Crippen LogP contribution in [0.5, 0.6) is 11.5 Å². The van der Waals surface area contributed by atoms with Crippen molar-refractivity contribution in [2.24, 2.45) is 0 Å². The number of aryl methyl sites for hydroxylation is 1. The van der Waals surface area contributed by atoms with Crippen LogP contribution in [0.2, 0.25) is 0 Å². The van der Waals surface area contributed by atoms with Crippen LogP contribution in [0, 0.1) is 6.92 Å². The van der Waals surface area contributed by atoms with Crippen LogP contribution in [0.25, 0.3) is 0 Å². The molecular formula is C12H14O4. The van der Waals surface area contributed by atoms with Crippen LogP contribution in [0.1, 0.15) is 22.8 Å². The molecule has 0 N–H and O–H groups in total. The second-order valence-corrected chi connectivity index (χ2v) is 3.51. The molecule has 0 saturated carbocycles. The third kappa shape index (κ3) is 1.83. The van der Waals surface area contributed by atoms with E-state index in [0.717, 1.165) is 5.56 Å². The van der Waals surface area contributed by atoms with Gasteiger partial charge in [0.2, 0.25) is 0 Å². The lowest BCUT2D eigenvalue weighted by atomic mass is 10.1. The largest absolute Gasteiger partial charge is 0.486 e. The summed E-state index contributed by atoms with van der Waals surface area (Å²) in [6, 6.07) is 3.54. The molecule has 1 aliphatic heterocycles. The molecule has 0 amide bonds. The monoisotopic (exact) mass is 222 g/mol. The Kier molecular flexibility index (Phi) is 2.99. The van der Waals surface area contributed by atoms with Crippen molar-refractivity contribution in [1.29, 1.82) is 0 Å². The molecule has 1 heterocycles. The number of carbonyl (C=O) groups excluding carboxylic acids is 1. The number of carbonyl (C=O) groups is 1. The van der Waals surface area contributed by atoms with Crippen molar-refractivity contribution in [2.75, 3.05) is 19.8 Å². The summed E-state index contributed by atoms with van der Waals surface area (Å²) in [5.74, 6) is 0.783. The molecule has 2 rings (SSSR count). The van der Waals surface area contributed by atoms with E-state index in [1.165, 1.54) is 0 Å². The molecule has 0 spiro atoms. The fraction of sp³-hybridized carbons (Fsp3) is 0.417. The molecule has 0 unspecified atom stereocenters. The molecule has 0 saturated heterocycles. The van der Waals surface area contributed by atoms with Gasteiger partial charge in [0.25, 0.3) is 0 Å². The summed E-state index contributed by atoms with van der Waals surface area (Å²) in [4.78, 5) is 11.7. The predicted molar refractivity (Wildman–Crippen MR) is 58.1 cm³/mol. The van der Waals surface area contributed by atoms with E-state index in [1.54, 1.807) is 13.0 Å². The van der Waals surface area contributed by atoms with E-state index in [2.05, 4.69) is 0 Å². The molecule has 0 bridgehead atoms. The van der Waals surface area contributed by atoms with Crippen molar-refractivity contribution in [1.82, 2.24) is 0 Å². The van der Waals surface area contributed by atoms with Crippen LogP contribution >= 0.6 is 0 Å². The average Bonchev–Trinajstić information content (AvgIpc) is 2.30. The Morgan fingerprint density at radius 2 is 2.00 bits per heavy atom. The zero-order chi connectivity index (χ0) is 11.5. The number of ether oxygens (including phenoxy) is 3. The summed E-state index contributed by atoms with van der Waals surface area (Å²) in [5.41, 5.74) is 1.39. The number of hydrogen-bond donors (Lipinski definition) is 0. The molecule has 4 heteroatoms. The number of hydrogen-bond acceptors (Lipinski definition) is 4. The third-order valence-electron chi connectivity index (χ3n) is 2.38. The second-order valence-electron chi connectivity index (χ2n) is 3.51. The summed E-state index contributed by atoms with van der Waals surface area (Å²) in [7, 11) is 0. The molecule has 0 fully saturated rings. The highest BCUT2D eigenvalue weighted by atomic mass is 16.6. The Bertz CT molecular complexity index is 412. The smallest absolute Gasteiger partial charge is 0.342 e. The van der Waals surface area contributed by atoms with Gasteiger partial charge in [0.15, 0.2) is 11.5 Å². The number of benzene rings is 1. The SMILES string of the molecule is CCOC(=O)c1ccc(C)c2c1OCCO2. The molecule has 0 aromatic heterocycles. The van der Waals surface area contributed by atoms with Gasteiger partial charge in [-0.1, -0.05) is 6.07 Å². The minimum Gasteiger partial charge on any atom is -0.486 e. The topological polar surface area (TPSA) is 44.8 Å². The lowest BCUT2D eigenvalue weighted by Gasteiger charge is -2.22. The molecule has 0 aliphatic carbocycles. The molecule has 16 heavy (non-hydrogen) atoms. The van der Waals surface area contributed by atoms with E-state index in [4.69, 9.17) is 14.2 Å². The van der Waals surface area contributed by atoms with E-state index >= 15 is 0 Å². The van der Waals surface area contributed by atoms with Crippen LogP contribution in [-0.2, 0) is 4.74 Å². The molecule has 86 valence electrons. The zero-order valence-corrected chi connectivity index (χ0v) is 9.41. The minimum atomic E-state index is -0.371. The summed E-state index contributed by atoms with van der Waals surface area (Å²) in [6.45, 7) is 5.02. The van der Waals surface area contributed by atoms with E-state index in [1.807, 2.05) is 13.0 Å². The van der Waals surface area contributed by atoms with Gasteiger partial charge >= 0.3 is 5.97 Å². The van der Waals surface area contributed by atoms with Gasteiger partial charge in [-0.2, -0.15) is 0 Å². The van der Waals surface area contributed by atoms with Gasteiger partial charge in [0.05, 0.1) is 6.61 Å². The average molecular weight is 222 g/mol. The first kappa shape index (κ1) is 10.8. The van der Waals surface area contributed by atoms with Gasteiger partial charge < -0.3 is 14.2 Å². The summed E-state index contributed by atoms with van der Waals surface area (Å²) >= 11 is 0. The van der Waals surface area contributed by atoms with Crippen molar-refractivity contribution >= 4 is 5.97 Å². The van der Waals surface area contributed by atoms with E-state index in [0.29, 0.717) is 36.9 Å². The maximum Gasteiger partial charge on any atom is 0.342 e. The van der Waals surface area contributed by atoms with Crippen LogP contribution in [0.15, 0.2) is 12.1 Å². The Hall–Kier alpha value is -1.71. The molecule has 0 radical (unpaired) electrons. The fourth-order valence-corrected chi connectivity index (χ4v) is 1.64. The first-order valence-corrected chi connectivity index (χ1v) is 5.30. The number of esters is 1. The summed E-state index contributed by atoms with van der Waals surface area (Å²) in [6.07, 6.45) is 0. The van der Waals surface area contributed by atoms with Gasteiger partial charge in [-0.15, -0.1) is 0 Å². The molecule has 4 nitrogen and oxygen atoms in total. The van der Waals surface area contributed by atoms with Gasteiger partial charge in [0, 0.05) is 0 Å². The summed E-state index contributed by atoms with van der Waals surface area (Å²) in [5, 5.41) is 0. The fourth-order valence-electron chi connectivity index (χ4n) is 1.64.